The van der Waals surface area contributed by atoms with Gasteiger partial charge >= 0.3 is 0 Å². The fourth-order valence-corrected chi connectivity index (χ4v) is 6.37. The Hall–Kier alpha value is -5.33. The Bertz CT molecular complexity index is 1840. The Morgan fingerprint density at radius 1 is 0.739 bits per heavy atom. The van der Waals surface area contributed by atoms with E-state index in [-0.39, 0.29) is 17.5 Å². The summed E-state index contributed by atoms with van der Waals surface area (Å²) in [6.07, 6.45) is 3.77. The molecule has 1 amide bonds. The summed E-state index contributed by atoms with van der Waals surface area (Å²) in [7, 11) is 0. The molecule has 0 bridgehead atoms. The lowest BCUT2D eigenvalue weighted by molar-refractivity contribution is -0.114. The van der Waals surface area contributed by atoms with Crippen LogP contribution in [0.5, 0.6) is 0 Å². The lowest BCUT2D eigenvalue weighted by Crippen LogP contribution is -2.37. The van der Waals surface area contributed by atoms with Gasteiger partial charge in [0.2, 0.25) is 5.91 Å². The zero-order valence-electron chi connectivity index (χ0n) is 26.1. The van der Waals surface area contributed by atoms with Gasteiger partial charge in [0.05, 0.1) is 17.7 Å². The Labute approximate surface area is 269 Å². The molecule has 0 aliphatic heterocycles. The van der Waals surface area contributed by atoms with E-state index in [4.69, 9.17) is 4.98 Å². The van der Waals surface area contributed by atoms with Crippen molar-refractivity contribution in [1.82, 2.24) is 9.55 Å². The van der Waals surface area contributed by atoms with E-state index in [1.54, 1.807) is 12.1 Å². The number of imidazole rings is 1. The zero-order chi connectivity index (χ0) is 32.3. The molecule has 5 nitrogen and oxygen atoms in total. The van der Waals surface area contributed by atoms with Gasteiger partial charge in [-0.05, 0) is 51.4 Å². The standard InChI is InChI=1S/C40H36FN3O2/c1-28(2)40(46,35-22-19-30(20-23-35)31-21-24-36(41)37(25-31)43-29(3)45)38-26-44(27-42-38)39(32-13-7-4-8-14-32,33-15-9-5-10-16-33)34-17-11-6-12-18-34/h4-28,46H,1-3H3,(H,43,45). The second kappa shape index (κ2) is 12.6. The van der Waals surface area contributed by atoms with E-state index in [9.17, 15) is 14.3 Å². The van der Waals surface area contributed by atoms with E-state index in [1.807, 2.05) is 105 Å². The average molecular weight is 610 g/mol. The van der Waals surface area contributed by atoms with Gasteiger partial charge in [0.25, 0.3) is 0 Å². The number of amides is 1. The molecule has 6 heteroatoms. The van der Waals surface area contributed by atoms with Gasteiger partial charge in [-0.25, -0.2) is 9.37 Å². The Morgan fingerprint density at radius 3 is 1.72 bits per heavy atom. The zero-order valence-corrected chi connectivity index (χ0v) is 26.1. The fourth-order valence-electron chi connectivity index (χ4n) is 6.37. The highest BCUT2D eigenvalue weighted by atomic mass is 19.1. The quantitative estimate of drug-likeness (QED) is 0.162. The third kappa shape index (κ3) is 5.41. The minimum absolute atomic E-state index is 0.122. The molecule has 0 saturated heterocycles. The average Bonchev–Trinajstić information content (AvgIpc) is 3.58. The molecule has 6 aromatic rings. The lowest BCUT2D eigenvalue weighted by Gasteiger charge is -2.37. The summed E-state index contributed by atoms with van der Waals surface area (Å²) >= 11 is 0. The summed E-state index contributed by atoms with van der Waals surface area (Å²) < 4.78 is 16.4. The molecule has 6 rings (SSSR count). The summed E-state index contributed by atoms with van der Waals surface area (Å²) in [6, 6.07) is 43.2. The number of rotatable bonds is 9. The molecule has 0 aliphatic carbocycles. The summed E-state index contributed by atoms with van der Waals surface area (Å²) in [5.41, 5.74) is 3.91. The van der Waals surface area contributed by atoms with Crippen LogP contribution in [0.4, 0.5) is 10.1 Å². The molecule has 0 radical (unpaired) electrons. The van der Waals surface area contributed by atoms with Crippen molar-refractivity contribution >= 4 is 11.6 Å². The molecule has 1 unspecified atom stereocenters. The van der Waals surface area contributed by atoms with Crippen molar-refractivity contribution < 1.29 is 14.3 Å². The number of nitrogens with zero attached hydrogens (tertiary/aromatic N) is 2. The van der Waals surface area contributed by atoms with Crippen LogP contribution in [-0.2, 0) is 15.9 Å². The molecule has 1 heterocycles. The van der Waals surface area contributed by atoms with Crippen LogP contribution in [0.1, 0.15) is 48.7 Å². The highest BCUT2D eigenvalue weighted by Gasteiger charge is 2.42. The molecule has 0 saturated carbocycles. The van der Waals surface area contributed by atoms with Crippen LogP contribution in [0.15, 0.2) is 146 Å². The van der Waals surface area contributed by atoms with E-state index < -0.39 is 17.0 Å². The second-order valence-electron chi connectivity index (χ2n) is 11.8. The van der Waals surface area contributed by atoms with Gasteiger partial charge in [0.15, 0.2) is 0 Å². The number of carbonyl (C=O) groups excluding carboxylic acids is 1. The number of benzene rings is 5. The lowest BCUT2D eigenvalue weighted by atomic mass is 9.76. The Balaban J connectivity index is 1.47. The minimum atomic E-state index is -1.41. The van der Waals surface area contributed by atoms with Crippen molar-refractivity contribution in [3.63, 3.8) is 0 Å². The third-order valence-corrected chi connectivity index (χ3v) is 8.71. The van der Waals surface area contributed by atoms with Gasteiger partial charge in [-0.15, -0.1) is 0 Å². The molecule has 46 heavy (non-hydrogen) atoms. The molecule has 0 aliphatic rings. The predicted molar refractivity (Wildman–Crippen MR) is 181 cm³/mol. The molecule has 0 spiro atoms. The van der Waals surface area contributed by atoms with Crippen molar-refractivity contribution in [2.45, 2.75) is 31.9 Å². The first-order valence-corrected chi connectivity index (χ1v) is 15.4. The Morgan fingerprint density at radius 2 is 1.24 bits per heavy atom. The van der Waals surface area contributed by atoms with E-state index in [0.717, 1.165) is 27.8 Å². The highest BCUT2D eigenvalue weighted by Crippen LogP contribution is 2.43. The normalized spacial score (nSPS) is 12.9. The van der Waals surface area contributed by atoms with Crippen molar-refractivity contribution in [3.8, 4) is 11.1 Å². The van der Waals surface area contributed by atoms with Gasteiger partial charge in [-0.3, -0.25) is 4.79 Å². The predicted octanol–water partition coefficient (Wildman–Crippen LogP) is 8.38. The first kappa shape index (κ1) is 30.7. The number of hydrogen-bond acceptors (Lipinski definition) is 3. The molecule has 2 N–H and O–H groups in total. The van der Waals surface area contributed by atoms with Gasteiger partial charge < -0.3 is 15.0 Å². The summed E-state index contributed by atoms with van der Waals surface area (Å²) in [5.74, 6) is -1.07. The minimum Gasteiger partial charge on any atom is -0.378 e. The van der Waals surface area contributed by atoms with Crippen LogP contribution in [0.25, 0.3) is 11.1 Å². The van der Waals surface area contributed by atoms with Crippen molar-refractivity contribution in [2.75, 3.05) is 5.32 Å². The van der Waals surface area contributed by atoms with E-state index in [2.05, 4.69) is 46.3 Å². The number of carbonyl (C=O) groups is 1. The number of hydrogen-bond donors (Lipinski definition) is 2. The molecular weight excluding hydrogens is 573 g/mol. The molecule has 0 fully saturated rings. The number of nitrogens with one attached hydrogen (secondary N) is 1. The van der Waals surface area contributed by atoms with E-state index in [0.29, 0.717) is 11.3 Å². The van der Waals surface area contributed by atoms with Crippen molar-refractivity contribution in [1.29, 1.82) is 0 Å². The monoisotopic (exact) mass is 609 g/mol. The first-order valence-electron chi connectivity index (χ1n) is 15.4. The number of aliphatic hydroxyl groups is 1. The smallest absolute Gasteiger partial charge is 0.221 e. The van der Waals surface area contributed by atoms with Gasteiger partial charge in [-0.2, -0.15) is 0 Å². The number of aromatic nitrogens is 2. The maximum atomic E-state index is 14.3. The topological polar surface area (TPSA) is 67.2 Å². The third-order valence-electron chi connectivity index (χ3n) is 8.71. The van der Waals surface area contributed by atoms with Crippen LogP contribution < -0.4 is 5.32 Å². The van der Waals surface area contributed by atoms with Gasteiger partial charge in [0, 0.05) is 13.1 Å². The van der Waals surface area contributed by atoms with E-state index >= 15 is 0 Å². The van der Waals surface area contributed by atoms with Crippen LogP contribution in [-0.4, -0.2) is 20.6 Å². The van der Waals surface area contributed by atoms with Gasteiger partial charge in [-0.1, -0.05) is 135 Å². The summed E-state index contributed by atoms with van der Waals surface area (Å²) in [4.78, 5) is 16.4. The molecular formula is C40H36FN3O2. The largest absolute Gasteiger partial charge is 0.378 e. The SMILES string of the molecule is CC(=O)Nc1cc(-c2ccc(C(O)(c3cn(C(c4ccccc4)(c4ccccc4)c4ccccc4)cn3)C(C)C)cc2)ccc1F. The second-order valence-corrected chi connectivity index (χ2v) is 11.8. The fraction of sp³-hybridized carbons (Fsp3) is 0.150. The molecule has 1 aromatic heterocycles. The van der Waals surface area contributed by atoms with Crippen LogP contribution in [0.3, 0.4) is 0 Å². The number of anilines is 1. The number of halogens is 1. The van der Waals surface area contributed by atoms with Crippen LogP contribution in [0.2, 0.25) is 0 Å². The first-order chi connectivity index (χ1) is 22.2. The highest BCUT2D eigenvalue weighted by molar-refractivity contribution is 5.89. The summed E-state index contributed by atoms with van der Waals surface area (Å²) in [5, 5.41) is 15.0. The molecule has 1 atom stereocenters. The summed E-state index contributed by atoms with van der Waals surface area (Å²) in [6.45, 7) is 5.30. The van der Waals surface area contributed by atoms with Crippen LogP contribution >= 0.6 is 0 Å². The van der Waals surface area contributed by atoms with Gasteiger partial charge in [0.1, 0.15) is 17.0 Å². The maximum Gasteiger partial charge on any atom is 0.221 e. The molecule has 5 aromatic carbocycles. The van der Waals surface area contributed by atoms with Crippen molar-refractivity contribution in [3.05, 3.63) is 180 Å². The van der Waals surface area contributed by atoms with E-state index in [1.165, 1.54) is 13.0 Å². The maximum absolute atomic E-state index is 14.3. The molecule has 230 valence electrons. The van der Waals surface area contributed by atoms with Crippen molar-refractivity contribution in [2.24, 2.45) is 5.92 Å². The Kier molecular flexibility index (Phi) is 8.39. The van der Waals surface area contributed by atoms with Crippen LogP contribution in [0, 0.1) is 11.7 Å².